The standard InChI is InChI=1S/C20H33FN4O2/c1-3-22-20(23-10-4-5-11-25-12-14-26-15-13-25)24-16-17(2)27-19-8-6-18(21)7-9-19/h6-9,17H,3-5,10-16H2,1-2H3,(H2,22,23,24). The Hall–Kier alpha value is -1.86. The van der Waals surface area contributed by atoms with Crippen molar-refractivity contribution in [3.63, 3.8) is 0 Å². The van der Waals surface area contributed by atoms with Crippen LogP contribution >= 0.6 is 0 Å². The van der Waals surface area contributed by atoms with Crippen molar-refractivity contribution < 1.29 is 13.9 Å². The van der Waals surface area contributed by atoms with Crippen LogP contribution in [0.3, 0.4) is 0 Å². The summed E-state index contributed by atoms with van der Waals surface area (Å²) < 4.78 is 24.1. The number of hydrogen-bond donors (Lipinski definition) is 2. The first kappa shape index (κ1) is 21.4. The number of halogens is 1. The third kappa shape index (κ3) is 9.06. The first-order valence-corrected chi connectivity index (χ1v) is 9.92. The smallest absolute Gasteiger partial charge is 0.191 e. The molecule has 1 unspecified atom stereocenters. The highest BCUT2D eigenvalue weighted by Gasteiger charge is 2.09. The average molecular weight is 381 g/mol. The van der Waals surface area contributed by atoms with E-state index in [9.17, 15) is 4.39 Å². The number of guanidine groups is 1. The van der Waals surface area contributed by atoms with Crippen molar-refractivity contribution in [3.8, 4) is 5.75 Å². The lowest BCUT2D eigenvalue weighted by atomic mass is 10.3. The van der Waals surface area contributed by atoms with Gasteiger partial charge in [0, 0.05) is 26.2 Å². The van der Waals surface area contributed by atoms with E-state index in [1.807, 2.05) is 13.8 Å². The molecule has 1 aliphatic rings. The molecule has 0 radical (unpaired) electrons. The number of nitrogens with zero attached hydrogens (tertiary/aromatic N) is 2. The van der Waals surface area contributed by atoms with Gasteiger partial charge in [0.05, 0.1) is 19.8 Å². The van der Waals surface area contributed by atoms with Gasteiger partial charge in [-0.1, -0.05) is 0 Å². The Kier molecular flexibility index (Phi) is 9.94. The lowest BCUT2D eigenvalue weighted by Gasteiger charge is -2.26. The molecule has 6 nitrogen and oxygen atoms in total. The second kappa shape index (κ2) is 12.5. The molecular weight excluding hydrogens is 347 g/mol. The SMILES string of the molecule is CCNC(=NCC(C)Oc1ccc(F)cc1)NCCCCN1CCOCC1. The normalized spacial score (nSPS) is 16.8. The topological polar surface area (TPSA) is 58.1 Å². The molecular formula is C20H33FN4O2. The van der Waals surface area contributed by atoms with E-state index < -0.39 is 0 Å². The first-order chi connectivity index (χ1) is 13.2. The average Bonchev–Trinajstić information content (AvgIpc) is 2.68. The van der Waals surface area contributed by atoms with Crippen molar-refractivity contribution in [2.45, 2.75) is 32.8 Å². The summed E-state index contributed by atoms with van der Waals surface area (Å²) in [5.74, 6) is 1.19. The molecule has 7 heteroatoms. The molecule has 1 aliphatic heterocycles. The minimum atomic E-state index is -0.264. The quantitative estimate of drug-likeness (QED) is 0.370. The van der Waals surface area contributed by atoms with E-state index >= 15 is 0 Å². The van der Waals surface area contributed by atoms with Crippen molar-refractivity contribution in [1.82, 2.24) is 15.5 Å². The number of nitrogens with one attached hydrogen (secondary N) is 2. The molecule has 0 saturated carbocycles. The lowest BCUT2D eigenvalue weighted by molar-refractivity contribution is 0.0372. The van der Waals surface area contributed by atoms with E-state index in [2.05, 4.69) is 20.5 Å². The van der Waals surface area contributed by atoms with E-state index in [1.54, 1.807) is 12.1 Å². The van der Waals surface area contributed by atoms with Crippen molar-refractivity contribution in [2.24, 2.45) is 4.99 Å². The molecule has 2 N–H and O–H groups in total. The van der Waals surface area contributed by atoms with E-state index in [1.165, 1.54) is 12.1 Å². The molecule has 1 heterocycles. The molecule has 0 aromatic heterocycles. The number of aliphatic imine (C=N–C) groups is 1. The molecule has 27 heavy (non-hydrogen) atoms. The minimum absolute atomic E-state index is 0.0905. The van der Waals surface area contributed by atoms with Crippen molar-refractivity contribution in [1.29, 1.82) is 0 Å². The Labute approximate surface area is 162 Å². The molecule has 1 fully saturated rings. The van der Waals surface area contributed by atoms with Crippen LogP contribution in [-0.2, 0) is 4.74 Å². The highest BCUT2D eigenvalue weighted by Crippen LogP contribution is 2.13. The van der Waals surface area contributed by atoms with Crippen molar-refractivity contribution in [3.05, 3.63) is 30.1 Å². The summed E-state index contributed by atoms with van der Waals surface area (Å²) in [4.78, 5) is 7.04. The summed E-state index contributed by atoms with van der Waals surface area (Å²) in [6.45, 7) is 11.2. The Morgan fingerprint density at radius 3 is 2.67 bits per heavy atom. The fourth-order valence-electron chi connectivity index (χ4n) is 2.84. The van der Waals surface area contributed by atoms with Gasteiger partial charge in [0.15, 0.2) is 5.96 Å². The van der Waals surface area contributed by atoms with E-state index in [0.29, 0.717) is 12.3 Å². The number of rotatable bonds is 10. The molecule has 0 bridgehead atoms. The van der Waals surface area contributed by atoms with Gasteiger partial charge in [0.2, 0.25) is 0 Å². The number of ether oxygens (including phenoxy) is 2. The molecule has 1 aromatic rings. The fraction of sp³-hybridized carbons (Fsp3) is 0.650. The van der Waals surface area contributed by atoms with Gasteiger partial charge in [-0.05, 0) is 57.5 Å². The second-order valence-corrected chi connectivity index (χ2v) is 6.69. The molecule has 0 aliphatic carbocycles. The van der Waals surface area contributed by atoms with Crippen LogP contribution in [0.4, 0.5) is 4.39 Å². The van der Waals surface area contributed by atoms with Crippen LogP contribution in [0.15, 0.2) is 29.3 Å². The van der Waals surface area contributed by atoms with Crippen LogP contribution in [0, 0.1) is 5.82 Å². The molecule has 0 spiro atoms. The van der Waals surface area contributed by atoms with Gasteiger partial charge in [0.25, 0.3) is 0 Å². The van der Waals surface area contributed by atoms with Crippen LogP contribution in [0.5, 0.6) is 5.75 Å². The highest BCUT2D eigenvalue weighted by molar-refractivity contribution is 5.79. The summed E-state index contributed by atoms with van der Waals surface area (Å²) >= 11 is 0. The number of unbranched alkanes of at least 4 members (excludes halogenated alkanes) is 1. The lowest BCUT2D eigenvalue weighted by Crippen LogP contribution is -2.39. The van der Waals surface area contributed by atoms with Gasteiger partial charge >= 0.3 is 0 Å². The third-order valence-electron chi connectivity index (χ3n) is 4.30. The van der Waals surface area contributed by atoms with Gasteiger partial charge in [-0.15, -0.1) is 0 Å². The van der Waals surface area contributed by atoms with Gasteiger partial charge in [-0.2, -0.15) is 0 Å². The molecule has 1 aromatic carbocycles. The van der Waals surface area contributed by atoms with E-state index in [-0.39, 0.29) is 11.9 Å². The summed E-state index contributed by atoms with van der Waals surface area (Å²) in [5, 5.41) is 6.63. The van der Waals surface area contributed by atoms with E-state index in [0.717, 1.165) is 64.7 Å². The number of hydrogen-bond acceptors (Lipinski definition) is 4. The van der Waals surface area contributed by atoms with E-state index in [4.69, 9.17) is 9.47 Å². The predicted octanol–water partition coefficient (Wildman–Crippen LogP) is 2.26. The van der Waals surface area contributed by atoms with Crippen molar-refractivity contribution in [2.75, 3.05) is 52.5 Å². The molecule has 1 atom stereocenters. The van der Waals surface area contributed by atoms with Crippen LogP contribution in [0.1, 0.15) is 26.7 Å². The Bertz CT molecular complexity index is 547. The summed E-state index contributed by atoms with van der Waals surface area (Å²) in [7, 11) is 0. The first-order valence-electron chi connectivity index (χ1n) is 9.92. The Morgan fingerprint density at radius 1 is 1.22 bits per heavy atom. The Balaban J connectivity index is 1.65. The summed E-state index contributed by atoms with van der Waals surface area (Å²) in [6, 6.07) is 6.06. The zero-order valence-corrected chi connectivity index (χ0v) is 16.5. The summed E-state index contributed by atoms with van der Waals surface area (Å²) in [5.41, 5.74) is 0. The number of morpholine rings is 1. The fourth-order valence-corrected chi connectivity index (χ4v) is 2.84. The predicted molar refractivity (Wildman–Crippen MR) is 107 cm³/mol. The zero-order chi connectivity index (χ0) is 19.3. The maximum Gasteiger partial charge on any atom is 0.191 e. The highest BCUT2D eigenvalue weighted by atomic mass is 19.1. The van der Waals surface area contributed by atoms with Crippen LogP contribution < -0.4 is 15.4 Å². The van der Waals surface area contributed by atoms with Gasteiger partial charge in [-0.25, -0.2) is 9.38 Å². The van der Waals surface area contributed by atoms with Gasteiger partial charge < -0.3 is 20.1 Å². The monoisotopic (exact) mass is 380 g/mol. The largest absolute Gasteiger partial charge is 0.489 e. The van der Waals surface area contributed by atoms with Gasteiger partial charge in [0.1, 0.15) is 17.7 Å². The minimum Gasteiger partial charge on any atom is -0.489 e. The van der Waals surface area contributed by atoms with Crippen LogP contribution in [-0.4, -0.2) is 69.4 Å². The summed E-state index contributed by atoms with van der Waals surface area (Å²) in [6.07, 6.45) is 2.17. The molecule has 0 amide bonds. The maximum atomic E-state index is 12.9. The second-order valence-electron chi connectivity index (χ2n) is 6.69. The third-order valence-corrected chi connectivity index (χ3v) is 4.30. The van der Waals surface area contributed by atoms with Crippen LogP contribution in [0.2, 0.25) is 0 Å². The van der Waals surface area contributed by atoms with Crippen molar-refractivity contribution >= 4 is 5.96 Å². The van der Waals surface area contributed by atoms with Gasteiger partial charge in [-0.3, -0.25) is 4.90 Å². The van der Waals surface area contributed by atoms with Crippen LogP contribution in [0.25, 0.3) is 0 Å². The molecule has 152 valence electrons. The molecule has 2 rings (SSSR count). The zero-order valence-electron chi connectivity index (χ0n) is 16.5. The molecule has 1 saturated heterocycles. The Morgan fingerprint density at radius 2 is 1.96 bits per heavy atom. The number of benzene rings is 1. The maximum absolute atomic E-state index is 12.9.